The van der Waals surface area contributed by atoms with Crippen LogP contribution < -0.4 is 10.5 Å². The molecule has 2 aromatic rings. The molecule has 0 aliphatic heterocycles. The summed E-state index contributed by atoms with van der Waals surface area (Å²) in [7, 11) is 0. The molecule has 0 saturated carbocycles. The van der Waals surface area contributed by atoms with Crippen molar-refractivity contribution in [2.24, 2.45) is 0 Å². The molecule has 2 aromatic heterocycles. The van der Waals surface area contributed by atoms with Gasteiger partial charge in [0, 0.05) is 5.69 Å². The van der Waals surface area contributed by atoms with Gasteiger partial charge in [-0.15, -0.1) is 0 Å². The topological polar surface area (TPSA) is 73.9 Å². The largest absolute Gasteiger partial charge is 0.435 e. The number of nitrogen functional groups attached to an aromatic ring is 1. The molecule has 0 amide bonds. The van der Waals surface area contributed by atoms with Gasteiger partial charge in [0.2, 0.25) is 5.88 Å². The minimum absolute atomic E-state index is 0.361. The highest BCUT2D eigenvalue weighted by Gasteiger charge is 2.08. The first-order valence-electron chi connectivity index (χ1n) is 5.40. The van der Waals surface area contributed by atoms with Crippen LogP contribution in [0.4, 0.5) is 5.69 Å². The van der Waals surface area contributed by atoms with E-state index in [0.717, 1.165) is 17.8 Å². The van der Waals surface area contributed by atoms with Crippen LogP contribution in [0.1, 0.15) is 18.3 Å². The van der Waals surface area contributed by atoms with Crippen LogP contribution >= 0.6 is 0 Å². The predicted molar refractivity (Wildman–Crippen MR) is 64.9 cm³/mol. The van der Waals surface area contributed by atoms with Gasteiger partial charge in [-0.3, -0.25) is 4.98 Å². The Hall–Kier alpha value is -2.17. The van der Waals surface area contributed by atoms with Gasteiger partial charge in [0.25, 0.3) is 0 Å². The number of nitrogens with two attached hydrogens (primary N) is 1. The molecule has 0 bridgehead atoms. The average molecular weight is 230 g/mol. The van der Waals surface area contributed by atoms with Gasteiger partial charge in [-0.25, -0.2) is 4.98 Å². The molecule has 0 aliphatic carbocycles. The summed E-state index contributed by atoms with van der Waals surface area (Å²) in [5, 5.41) is 0. The first-order valence-corrected chi connectivity index (χ1v) is 5.40. The number of aryl methyl sites for hydroxylation is 2. The van der Waals surface area contributed by atoms with E-state index < -0.39 is 0 Å². The number of hydrogen-bond acceptors (Lipinski definition) is 5. The molecule has 88 valence electrons. The molecule has 0 aromatic carbocycles. The van der Waals surface area contributed by atoms with E-state index in [1.165, 1.54) is 12.5 Å². The van der Waals surface area contributed by atoms with Crippen LogP contribution in [0.3, 0.4) is 0 Å². The minimum Gasteiger partial charge on any atom is -0.435 e. The summed E-state index contributed by atoms with van der Waals surface area (Å²) in [4.78, 5) is 12.2. The Morgan fingerprint density at radius 2 is 2.18 bits per heavy atom. The van der Waals surface area contributed by atoms with Crippen LogP contribution in [0, 0.1) is 6.92 Å². The Balaban J connectivity index is 2.33. The molecular weight excluding hydrogens is 216 g/mol. The van der Waals surface area contributed by atoms with Gasteiger partial charge in [-0.1, -0.05) is 6.92 Å². The van der Waals surface area contributed by atoms with E-state index >= 15 is 0 Å². The van der Waals surface area contributed by atoms with Crippen molar-refractivity contribution in [1.82, 2.24) is 15.0 Å². The van der Waals surface area contributed by atoms with E-state index in [-0.39, 0.29) is 0 Å². The van der Waals surface area contributed by atoms with Crippen molar-refractivity contribution in [3.63, 3.8) is 0 Å². The van der Waals surface area contributed by atoms with E-state index in [2.05, 4.69) is 15.0 Å². The molecular formula is C12H14N4O. The number of nitrogens with zero attached hydrogens (tertiary/aromatic N) is 3. The Morgan fingerprint density at radius 1 is 1.35 bits per heavy atom. The number of ether oxygens (including phenoxy) is 1. The van der Waals surface area contributed by atoms with Crippen LogP contribution in [-0.2, 0) is 6.42 Å². The Morgan fingerprint density at radius 3 is 2.88 bits per heavy atom. The molecule has 0 spiro atoms. The highest BCUT2D eigenvalue weighted by Crippen LogP contribution is 2.26. The lowest BCUT2D eigenvalue weighted by molar-refractivity contribution is 0.455. The van der Waals surface area contributed by atoms with Crippen LogP contribution in [0.25, 0.3) is 0 Å². The van der Waals surface area contributed by atoms with Gasteiger partial charge in [0.05, 0.1) is 11.9 Å². The van der Waals surface area contributed by atoms with Gasteiger partial charge in [0.15, 0.2) is 5.75 Å². The average Bonchev–Trinajstić information content (AvgIpc) is 2.34. The third-order valence-electron chi connectivity index (χ3n) is 2.32. The van der Waals surface area contributed by atoms with Gasteiger partial charge < -0.3 is 10.5 Å². The monoisotopic (exact) mass is 230 g/mol. The van der Waals surface area contributed by atoms with Crippen molar-refractivity contribution >= 4 is 5.69 Å². The van der Waals surface area contributed by atoms with Gasteiger partial charge in [-0.05, 0) is 25.5 Å². The fraction of sp³-hybridized carbons (Fsp3) is 0.250. The predicted octanol–water partition coefficient (Wildman–Crippen LogP) is 2.12. The molecule has 0 unspecified atom stereocenters. The Labute approximate surface area is 99.7 Å². The number of anilines is 1. The lowest BCUT2D eigenvalue weighted by Gasteiger charge is -2.10. The molecule has 0 radical (unpaired) electrons. The molecule has 0 aliphatic rings. The molecule has 0 fully saturated rings. The Bertz CT molecular complexity index is 528. The number of hydrogen-bond donors (Lipinski definition) is 1. The van der Waals surface area contributed by atoms with E-state index in [9.17, 15) is 0 Å². The summed E-state index contributed by atoms with van der Waals surface area (Å²) in [6, 6.07) is 3.77. The first kappa shape index (κ1) is 11.3. The Kier molecular flexibility index (Phi) is 3.18. The molecule has 2 N–H and O–H groups in total. The normalized spacial score (nSPS) is 10.2. The van der Waals surface area contributed by atoms with Crippen LogP contribution in [0.5, 0.6) is 11.6 Å². The van der Waals surface area contributed by atoms with E-state index in [1.807, 2.05) is 26.0 Å². The molecule has 0 atom stereocenters. The minimum atomic E-state index is 0.361. The number of rotatable bonds is 3. The maximum Gasteiger partial charge on any atom is 0.245 e. The van der Waals surface area contributed by atoms with Crippen LogP contribution in [0.2, 0.25) is 0 Å². The fourth-order valence-corrected chi connectivity index (χ4v) is 1.46. The number of pyridine rings is 1. The van der Waals surface area contributed by atoms with E-state index in [1.54, 1.807) is 0 Å². The molecule has 2 heterocycles. The van der Waals surface area contributed by atoms with Gasteiger partial charge in [-0.2, -0.15) is 4.98 Å². The lowest BCUT2D eigenvalue weighted by Crippen LogP contribution is -1.99. The smallest absolute Gasteiger partial charge is 0.245 e. The summed E-state index contributed by atoms with van der Waals surface area (Å²) in [5.74, 6) is 1.05. The van der Waals surface area contributed by atoms with Crippen molar-refractivity contribution in [2.45, 2.75) is 20.3 Å². The zero-order valence-electron chi connectivity index (χ0n) is 9.84. The summed E-state index contributed by atoms with van der Waals surface area (Å²) in [5.41, 5.74) is 7.99. The highest BCUT2D eigenvalue weighted by atomic mass is 16.5. The zero-order valence-corrected chi connectivity index (χ0v) is 9.84. The lowest BCUT2D eigenvalue weighted by atomic mass is 10.2. The summed E-state index contributed by atoms with van der Waals surface area (Å²) in [6.07, 6.45) is 3.70. The maximum atomic E-state index is 5.72. The molecule has 2 rings (SSSR count). The van der Waals surface area contributed by atoms with Crippen molar-refractivity contribution in [3.05, 3.63) is 36.0 Å². The van der Waals surface area contributed by atoms with Crippen molar-refractivity contribution in [1.29, 1.82) is 0 Å². The third kappa shape index (κ3) is 2.50. The summed E-state index contributed by atoms with van der Waals surface area (Å²) < 4.78 is 5.65. The van der Waals surface area contributed by atoms with Gasteiger partial charge >= 0.3 is 0 Å². The highest BCUT2D eigenvalue weighted by molar-refractivity contribution is 5.47. The second-order valence-corrected chi connectivity index (χ2v) is 3.64. The van der Waals surface area contributed by atoms with Crippen molar-refractivity contribution in [3.8, 4) is 11.6 Å². The zero-order chi connectivity index (χ0) is 12.3. The molecule has 17 heavy (non-hydrogen) atoms. The first-order chi connectivity index (χ1) is 8.20. The molecule has 5 nitrogen and oxygen atoms in total. The van der Waals surface area contributed by atoms with Crippen molar-refractivity contribution in [2.75, 3.05) is 5.73 Å². The van der Waals surface area contributed by atoms with Crippen LogP contribution in [0.15, 0.2) is 24.7 Å². The van der Waals surface area contributed by atoms with E-state index in [4.69, 9.17) is 10.5 Å². The molecule has 0 saturated heterocycles. The quantitative estimate of drug-likeness (QED) is 0.874. The van der Waals surface area contributed by atoms with Crippen LogP contribution in [-0.4, -0.2) is 15.0 Å². The van der Waals surface area contributed by atoms with Gasteiger partial charge in [0.1, 0.15) is 12.0 Å². The fourth-order valence-electron chi connectivity index (χ4n) is 1.46. The maximum absolute atomic E-state index is 5.72. The SMILES string of the molecule is CCc1nc(C)ccc1Oc1ncncc1N. The summed E-state index contributed by atoms with van der Waals surface area (Å²) in [6.45, 7) is 3.97. The molecule has 5 heteroatoms. The number of aromatic nitrogens is 3. The second-order valence-electron chi connectivity index (χ2n) is 3.64. The summed E-state index contributed by atoms with van der Waals surface area (Å²) >= 11 is 0. The second kappa shape index (κ2) is 4.78. The third-order valence-corrected chi connectivity index (χ3v) is 2.32. The van der Waals surface area contributed by atoms with E-state index in [0.29, 0.717) is 17.3 Å². The standard InChI is InChI=1S/C12H14N4O/c1-3-10-11(5-4-8(2)16-10)17-12-9(13)6-14-7-15-12/h4-7H,3,13H2,1-2H3. The van der Waals surface area contributed by atoms with Crippen molar-refractivity contribution < 1.29 is 4.74 Å².